The number of benzene rings is 2. The van der Waals surface area contributed by atoms with Crippen LogP contribution in [0.25, 0.3) is 0 Å². The predicted molar refractivity (Wildman–Crippen MR) is 110 cm³/mol. The van der Waals surface area contributed by atoms with Gasteiger partial charge in [-0.25, -0.2) is 4.99 Å². The minimum absolute atomic E-state index is 0.0137. The third-order valence-electron chi connectivity index (χ3n) is 3.86. The molecule has 2 rings (SSSR count). The molecule has 0 aliphatic heterocycles. The van der Waals surface area contributed by atoms with Gasteiger partial charge in [0.05, 0.1) is 0 Å². The van der Waals surface area contributed by atoms with Crippen LogP contribution in [0, 0.1) is 13.8 Å². The molecule has 1 amide bonds. The first-order chi connectivity index (χ1) is 13.0. The molecule has 2 aromatic carbocycles. The Hall–Kier alpha value is -3.02. The molecule has 0 aliphatic rings. The fraction of sp³-hybridized carbons (Fsp3) is 0.333. The maximum absolute atomic E-state index is 12.0. The summed E-state index contributed by atoms with van der Waals surface area (Å²) in [6, 6.07) is 12.9. The van der Waals surface area contributed by atoms with Gasteiger partial charge in [-0.3, -0.25) is 4.79 Å². The summed E-state index contributed by atoms with van der Waals surface area (Å²) in [5.74, 6) is 0.559. The van der Waals surface area contributed by atoms with Gasteiger partial charge in [-0.1, -0.05) is 29.3 Å². The van der Waals surface area contributed by atoms with E-state index in [0.29, 0.717) is 11.6 Å². The molecule has 0 bridgehead atoms. The molecule has 0 aliphatic carbocycles. The Morgan fingerprint density at radius 2 is 1.70 bits per heavy atom. The first-order valence-electron chi connectivity index (χ1n) is 9.14. The summed E-state index contributed by atoms with van der Waals surface area (Å²) in [6.45, 7) is 7.64. The number of nitrogens with one attached hydrogen (secondary N) is 3. The van der Waals surface area contributed by atoms with Gasteiger partial charge in [0.25, 0.3) is 0 Å². The molecule has 0 unspecified atom stereocenters. The molecular weight excluding hydrogens is 340 g/mol. The van der Waals surface area contributed by atoms with E-state index in [1.54, 1.807) is 12.1 Å². The Balaban J connectivity index is 1.85. The van der Waals surface area contributed by atoms with Crippen molar-refractivity contribution in [2.75, 3.05) is 25.0 Å². The second-order valence-electron chi connectivity index (χ2n) is 6.46. The molecule has 2 aromatic rings. The summed E-state index contributed by atoms with van der Waals surface area (Å²) < 4.78 is 0. The molecule has 0 spiro atoms. The normalized spacial score (nSPS) is 11.1. The second-order valence-corrected chi connectivity index (χ2v) is 6.46. The van der Waals surface area contributed by atoms with Crippen molar-refractivity contribution >= 4 is 17.6 Å². The molecule has 4 N–H and O–H groups in total. The Kier molecular flexibility index (Phi) is 7.67. The van der Waals surface area contributed by atoms with Crippen molar-refractivity contribution in [3.63, 3.8) is 0 Å². The quantitative estimate of drug-likeness (QED) is 0.344. The van der Waals surface area contributed by atoms with Gasteiger partial charge in [-0.05, 0) is 57.0 Å². The molecule has 6 heteroatoms. The first kappa shape index (κ1) is 20.3. The van der Waals surface area contributed by atoms with Gasteiger partial charge >= 0.3 is 0 Å². The topological polar surface area (TPSA) is 85.8 Å². The number of carbonyl (C=O) groups is 1. The van der Waals surface area contributed by atoms with Crippen LogP contribution in [0.2, 0.25) is 0 Å². The molecule has 6 nitrogen and oxygen atoms in total. The van der Waals surface area contributed by atoms with Crippen molar-refractivity contribution in [3.8, 4) is 5.75 Å². The van der Waals surface area contributed by atoms with E-state index in [2.05, 4.69) is 53.0 Å². The lowest BCUT2D eigenvalue weighted by Crippen LogP contribution is -2.39. The van der Waals surface area contributed by atoms with Crippen molar-refractivity contribution in [2.45, 2.75) is 27.2 Å². The number of anilines is 1. The molecule has 0 heterocycles. The lowest BCUT2D eigenvalue weighted by Gasteiger charge is -2.12. The van der Waals surface area contributed by atoms with Crippen LogP contribution in [0.15, 0.2) is 47.5 Å². The number of phenolic OH excluding ortho intramolecular Hbond substituents is 1. The van der Waals surface area contributed by atoms with Gasteiger partial charge in [0.1, 0.15) is 12.3 Å². The highest BCUT2D eigenvalue weighted by Gasteiger charge is 2.04. The second kappa shape index (κ2) is 10.2. The maximum atomic E-state index is 12.0. The van der Waals surface area contributed by atoms with E-state index in [-0.39, 0.29) is 18.2 Å². The molecule has 0 atom stereocenters. The van der Waals surface area contributed by atoms with E-state index in [0.717, 1.165) is 19.5 Å². The molecule has 27 heavy (non-hydrogen) atoms. The molecule has 0 saturated heterocycles. The Morgan fingerprint density at radius 3 is 2.33 bits per heavy atom. The molecule has 0 fully saturated rings. The number of phenols is 1. The van der Waals surface area contributed by atoms with Gasteiger partial charge in [0.2, 0.25) is 5.91 Å². The highest BCUT2D eigenvalue weighted by molar-refractivity contribution is 5.94. The highest BCUT2D eigenvalue weighted by atomic mass is 16.3. The van der Waals surface area contributed by atoms with Crippen LogP contribution in [-0.2, 0) is 11.2 Å². The van der Waals surface area contributed by atoms with Crippen LogP contribution >= 0.6 is 0 Å². The highest BCUT2D eigenvalue weighted by Crippen LogP contribution is 2.13. The summed E-state index contributed by atoms with van der Waals surface area (Å²) in [5, 5.41) is 18.4. The Labute approximate surface area is 160 Å². The van der Waals surface area contributed by atoms with E-state index in [9.17, 15) is 9.90 Å². The van der Waals surface area contributed by atoms with Gasteiger partial charge in [-0.15, -0.1) is 0 Å². The molecule has 0 saturated carbocycles. The Morgan fingerprint density at radius 1 is 1.04 bits per heavy atom. The number of hydrogen-bond acceptors (Lipinski definition) is 3. The average molecular weight is 368 g/mol. The monoisotopic (exact) mass is 368 g/mol. The van der Waals surface area contributed by atoms with Crippen molar-refractivity contribution in [3.05, 3.63) is 59.2 Å². The lowest BCUT2D eigenvalue weighted by atomic mass is 10.1. The zero-order valence-electron chi connectivity index (χ0n) is 16.2. The average Bonchev–Trinajstić information content (AvgIpc) is 2.61. The SMILES string of the molecule is CCNC(=NCC(=O)Nc1ccc(O)cc1)NCCc1cc(C)cc(C)c1. The third kappa shape index (κ3) is 7.40. The minimum atomic E-state index is -0.216. The third-order valence-corrected chi connectivity index (χ3v) is 3.86. The minimum Gasteiger partial charge on any atom is -0.508 e. The standard InChI is InChI=1S/C21H28N4O2/c1-4-22-21(23-10-9-17-12-15(2)11-16(3)13-17)24-14-20(27)25-18-5-7-19(26)8-6-18/h5-8,11-13,26H,4,9-10,14H2,1-3H3,(H,25,27)(H2,22,23,24). The number of nitrogens with zero attached hydrogens (tertiary/aromatic N) is 1. The van der Waals surface area contributed by atoms with E-state index in [4.69, 9.17) is 0 Å². The Bertz CT molecular complexity index is 765. The summed E-state index contributed by atoms with van der Waals surface area (Å²) in [4.78, 5) is 16.4. The number of hydrogen-bond donors (Lipinski definition) is 4. The summed E-state index contributed by atoms with van der Waals surface area (Å²) >= 11 is 0. The van der Waals surface area contributed by atoms with Crippen LogP contribution in [-0.4, -0.2) is 36.6 Å². The van der Waals surface area contributed by atoms with E-state index >= 15 is 0 Å². The fourth-order valence-electron chi connectivity index (χ4n) is 2.78. The zero-order valence-corrected chi connectivity index (χ0v) is 16.2. The van der Waals surface area contributed by atoms with E-state index < -0.39 is 0 Å². The summed E-state index contributed by atoms with van der Waals surface area (Å²) in [7, 11) is 0. The van der Waals surface area contributed by atoms with Crippen LogP contribution in [0.1, 0.15) is 23.6 Å². The van der Waals surface area contributed by atoms with Gasteiger partial charge < -0.3 is 21.1 Å². The predicted octanol–water partition coefficient (Wildman–Crippen LogP) is 2.75. The van der Waals surface area contributed by atoms with Crippen LogP contribution in [0.3, 0.4) is 0 Å². The van der Waals surface area contributed by atoms with Crippen LogP contribution < -0.4 is 16.0 Å². The van der Waals surface area contributed by atoms with Gasteiger partial charge in [0, 0.05) is 18.8 Å². The van der Waals surface area contributed by atoms with Gasteiger partial charge in [0.15, 0.2) is 5.96 Å². The number of carbonyl (C=O) groups excluding carboxylic acids is 1. The smallest absolute Gasteiger partial charge is 0.246 e. The number of amides is 1. The number of aryl methyl sites for hydroxylation is 2. The number of guanidine groups is 1. The van der Waals surface area contributed by atoms with Crippen LogP contribution in [0.5, 0.6) is 5.75 Å². The number of rotatable bonds is 7. The van der Waals surface area contributed by atoms with E-state index in [1.165, 1.54) is 28.8 Å². The number of aliphatic imine (C=N–C) groups is 1. The largest absolute Gasteiger partial charge is 0.508 e. The van der Waals surface area contributed by atoms with Crippen molar-refractivity contribution in [1.29, 1.82) is 0 Å². The van der Waals surface area contributed by atoms with Crippen molar-refractivity contribution < 1.29 is 9.90 Å². The van der Waals surface area contributed by atoms with Gasteiger partial charge in [-0.2, -0.15) is 0 Å². The van der Waals surface area contributed by atoms with Crippen LogP contribution in [0.4, 0.5) is 5.69 Å². The lowest BCUT2D eigenvalue weighted by molar-refractivity contribution is -0.114. The maximum Gasteiger partial charge on any atom is 0.246 e. The fourth-order valence-corrected chi connectivity index (χ4v) is 2.78. The zero-order chi connectivity index (χ0) is 19.6. The van der Waals surface area contributed by atoms with Crippen molar-refractivity contribution in [1.82, 2.24) is 10.6 Å². The first-order valence-corrected chi connectivity index (χ1v) is 9.14. The molecular formula is C21H28N4O2. The molecule has 144 valence electrons. The van der Waals surface area contributed by atoms with Crippen molar-refractivity contribution in [2.24, 2.45) is 4.99 Å². The molecule has 0 radical (unpaired) electrons. The summed E-state index contributed by atoms with van der Waals surface area (Å²) in [5.41, 5.74) is 4.43. The summed E-state index contributed by atoms with van der Waals surface area (Å²) in [6.07, 6.45) is 0.882. The molecule has 0 aromatic heterocycles. The number of aromatic hydroxyl groups is 1. The van der Waals surface area contributed by atoms with E-state index in [1.807, 2.05) is 6.92 Å².